The van der Waals surface area contributed by atoms with Gasteiger partial charge in [-0.3, -0.25) is 4.79 Å². The van der Waals surface area contributed by atoms with Gasteiger partial charge in [-0.05, 0) is 19.3 Å². The van der Waals surface area contributed by atoms with E-state index in [4.69, 9.17) is 18.0 Å². The standard InChI is InChI=1S/C10H18N2OS/c1-2-3-10(13)12(8-4-5-8)7-6-9(11)14/h8H,2-7H2,1H3,(H2,11,14). The van der Waals surface area contributed by atoms with Gasteiger partial charge in [-0.25, -0.2) is 0 Å². The number of amides is 1. The Hall–Kier alpha value is -0.640. The van der Waals surface area contributed by atoms with Crippen LogP contribution >= 0.6 is 12.2 Å². The summed E-state index contributed by atoms with van der Waals surface area (Å²) >= 11 is 4.81. The minimum absolute atomic E-state index is 0.256. The van der Waals surface area contributed by atoms with Gasteiger partial charge in [0.1, 0.15) is 0 Å². The third-order valence-corrected chi connectivity index (χ3v) is 2.58. The van der Waals surface area contributed by atoms with Gasteiger partial charge in [-0.15, -0.1) is 0 Å². The van der Waals surface area contributed by atoms with E-state index in [0.717, 1.165) is 19.3 Å². The van der Waals surface area contributed by atoms with Crippen molar-refractivity contribution in [3.63, 3.8) is 0 Å². The number of carbonyl (C=O) groups excluding carboxylic acids is 1. The summed E-state index contributed by atoms with van der Waals surface area (Å²) in [5.41, 5.74) is 5.43. The monoisotopic (exact) mass is 214 g/mol. The van der Waals surface area contributed by atoms with Crippen molar-refractivity contribution in [3.05, 3.63) is 0 Å². The second kappa shape index (κ2) is 5.29. The normalized spacial score (nSPS) is 15.2. The van der Waals surface area contributed by atoms with Crippen molar-refractivity contribution in [3.8, 4) is 0 Å². The van der Waals surface area contributed by atoms with Crippen LogP contribution in [0.15, 0.2) is 0 Å². The number of hydrogen-bond acceptors (Lipinski definition) is 2. The van der Waals surface area contributed by atoms with E-state index in [2.05, 4.69) is 0 Å². The van der Waals surface area contributed by atoms with Crippen LogP contribution in [0, 0.1) is 0 Å². The van der Waals surface area contributed by atoms with Crippen LogP contribution in [0.4, 0.5) is 0 Å². The van der Waals surface area contributed by atoms with Crippen LogP contribution in [0.2, 0.25) is 0 Å². The van der Waals surface area contributed by atoms with Crippen LogP contribution in [0.1, 0.15) is 39.0 Å². The fourth-order valence-corrected chi connectivity index (χ4v) is 1.58. The molecule has 1 fully saturated rings. The zero-order valence-corrected chi connectivity index (χ0v) is 9.48. The first-order valence-electron chi connectivity index (χ1n) is 5.23. The van der Waals surface area contributed by atoms with Crippen LogP contribution in [0.25, 0.3) is 0 Å². The second-order valence-electron chi connectivity index (χ2n) is 3.78. The van der Waals surface area contributed by atoms with Gasteiger partial charge in [-0.1, -0.05) is 19.1 Å². The number of hydrogen-bond donors (Lipinski definition) is 1. The summed E-state index contributed by atoms with van der Waals surface area (Å²) in [6.45, 7) is 2.73. The highest BCUT2D eigenvalue weighted by Crippen LogP contribution is 2.27. The predicted molar refractivity (Wildman–Crippen MR) is 61.0 cm³/mol. The molecule has 1 aliphatic carbocycles. The smallest absolute Gasteiger partial charge is 0.222 e. The van der Waals surface area contributed by atoms with E-state index in [-0.39, 0.29) is 5.91 Å². The molecule has 3 nitrogen and oxygen atoms in total. The molecule has 4 heteroatoms. The van der Waals surface area contributed by atoms with Crippen LogP contribution in [-0.4, -0.2) is 28.4 Å². The molecule has 80 valence electrons. The summed E-state index contributed by atoms with van der Waals surface area (Å²) in [7, 11) is 0. The Bertz CT molecular complexity index is 226. The molecule has 0 aliphatic heterocycles. The highest BCUT2D eigenvalue weighted by molar-refractivity contribution is 7.80. The molecule has 2 N–H and O–H groups in total. The van der Waals surface area contributed by atoms with Gasteiger partial charge >= 0.3 is 0 Å². The Balaban J connectivity index is 2.38. The summed E-state index contributed by atoms with van der Waals surface area (Å²) in [5.74, 6) is 0.256. The van der Waals surface area contributed by atoms with Gasteiger partial charge in [0.15, 0.2) is 0 Å². The molecule has 0 saturated heterocycles. The molecule has 0 spiro atoms. The zero-order chi connectivity index (χ0) is 10.6. The summed E-state index contributed by atoms with van der Waals surface area (Å²) in [5, 5.41) is 0. The van der Waals surface area contributed by atoms with Crippen molar-refractivity contribution >= 4 is 23.1 Å². The summed E-state index contributed by atoms with van der Waals surface area (Å²) in [6, 6.07) is 0.475. The molecular formula is C10H18N2OS. The van der Waals surface area contributed by atoms with E-state index < -0.39 is 0 Å². The van der Waals surface area contributed by atoms with E-state index in [1.54, 1.807) is 0 Å². The summed E-state index contributed by atoms with van der Waals surface area (Å²) < 4.78 is 0. The van der Waals surface area contributed by atoms with Crippen molar-refractivity contribution in [1.82, 2.24) is 4.90 Å². The summed E-state index contributed by atoms with van der Waals surface area (Å²) in [4.78, 5) is 14.1. The van der Waals surface area contributed by atoms with Crippen LogP contribution < -0.4 is 5.73 Å². The van der Waals surface area contributed by atoms with Crippen molar-refractivity contribution in [2.45, 2.75) is 45.1 Å². The van der Waals surface area contributed by atoms with Crippen molar-refractivity contribution < 1.29 is 4.79 Å². The molecule has 0 bridgehead atoms. The molecule has 0 aromatic heterocycles. The largest absolute Gasteiger partial charge is 0.393 e. The van der Waals surface area contributed by atoms with Gasteiger partial charge in [-0.2, -0.15) is 0 Å². The van der Waals surface area contributed by atoms with Crippen LogP contribution in [-0.2, 0) is 4.79 Å². The average Bonchev–Trinajstić information content (AvgIpc) is 2.88. The van der Waals surface area contributed by atoms with E-state index >= 15 is 0 Å². The first kappa shape index (κ1) is 11.4. The molecule has 0 radical (unpaired) electrons. The lowest BCUT2D eigenvalue weighted by atomic mass is 10.2. The number of thiocarbonyl (C=S) groups is 1. The SMILES string of the molecule is CCCC(=O)N(CCC(N)=S)C1CC1. The number of carbonyl (C=O) groups is 1. The van der Waals surface area contributed by atoms with E-state index in [0.29, 0.717) is 30.4 Å². The van der Waals surface area contributed by atoms with Gasteiger partial charge in [0.2, 0.25) is 5.91 Å². The maximum atomic E-state index is 11.7. The third-order valence-electron chi connectivity index (χ3n) is 2.37. The van der Waals surface area contributed by atoms with E-state index in [9.17, 15) is 4.79 Å². The van der Waals surface area contributed by atoms with Crippen molar-refractivity contribution in [2.75, 3.05) is 6.54 Å². The maximum Gasteiger partial charge on any atom is 0.222 e. The van der Waals surface area contributed by atoms with E-state index in [1.807, 2.05) is 11.8 Å². The van der Waals surface area contributed by atoms with Gasteiger partial charge in [0, 0.05) is 25.4 Å². The summed E-state index contributed by atoms with van der Waals surface area (Å²) in [6.07, 6.45) is 4.50. The lowest BCUT2D eigenvalue weighted by molar-refractivity contribution is -0.131. The lowest BCUT2D eigenvalue weighted by Gasteiger charge is -2.21. The Morgan fingerprint density at radius 2 is 2.14 bits per heavy atom. The van der Waals surface area contributed by atoms with Gasteiger partial charge in [0.25, 0.3) is 0 Å². The number of rotatable bonds is 6. The van der Waals surface area contributed by atoms with Crippen LogP contribution in [0.3, 0.4) is 0 Å². The number of nitrogens with zero attached hydrogens (tertiary/aromatic N) is 1. The number of nitrogens with two attached hydrogens (primary N) is 1. The molecule has 0 atom stereocenters. The fraction of sp³-hybridized carbons (Fsp3) is 0.800. The molecule has 0 heterocycles. The molecular weight excluding hydrogens is 196 g/mol. The Morgan fingerprint density at radius 1 is 1.50 bits per heavy atom. The maximum absolute atomic E-state index is 11.7. The third kappa shape index (κ3) is 3.62. The fourth-order valence-electron chi connectivity index (χ4n) is 1.49. The molecule has 14 heavy (non-hydrogen) atoms. The molecule has 0 aromatic rings. The molecule has 1 amide bonds. The Kier molecular flexibility index (Phi) is 4.32. The quantitative estimate of drug-likeness (QED) is 0.681. The average molecular weight is 214 g/mol. The topological polar surface area (TPSA) is 46.3 Å². The molecule has 1 rings (SSSR count). The minimum atomic E-state index is 0.256. The highest BCUT2D eigenvalue weighted by Gasteiger charge is 2.31. The molecule has 1 aliphatic rings. The van der Waals surface area contributed by atoms with E-state index in [1.165, 1.54) is 0 Å². The van der Waals surface area contributed by atoms with Crippen molar-refractivity contribution in [2.24, 2.45) is 5.73 Å². The predicted octanol–water partition coefficient (Wildman–Crippen LogP) is 1.45. The lowest BCUT2D eigenvalue weighted by Crippen LogP contribution is -2.35. The minimum Gasteiger partial charge on any atom is -0.393 e. The van der Waals surface area contributed by atoms with Gasteiger partial charge < -0.3 is 10.6 Å². The van der Waals surface area contributed by atoms with Crippen LogP contribution in [0.5, 0.6) is 0 Å². The Labute approximate surface area is 90.6 Å². The van der Waals surface area contributed by atoms with Crippen molar-refractivity contribution in [1.29, 1.82) is 0 Å². The second-order valence-corrected chi connectivity index (χ2v) is 4.31. The van der Waals surface area contributed by atoms with Gasteiger partial charge in [0.05, 0.1) is 4.99 Å². The molecule has 0 aromatic carbocycles. The molecule has 0 unspecified atom stereocenters. The molecule has 1 saturated carbocycles. The first-order valence-corrected chi connectivity index (χ1v) is 5.63. The highest BCUT2D eigenvalue weighted by atomic mass is 32.1. The Morgan fingerprint density at radius 3 is 2.57 bits per heavy atom. The zero-order valence-electron chi connectivity index (χ0n) is 8.66. The first-order chi connectivity index (χ1) is 6.65.